The second-order valence-electron chi connectivity index (χ2n) is 7.68. The number of hydrogen-bond donors (Lipinski definition) is 3. The molecular formula is C23H26N4O2. The maximum Gasteiger partial charge on any atom is 0.268 e. The predicted molar refractivity (Wildman–Crippen MR) is 114 cm³/mol. The number of likely N-dealkylation sites (tertiary alicyclic amines) is 1. The molecule has 0 spiro atoms. The summed E-state index contributed by atoms with van der Waals surface area (Å²) >= 11 is 0. The number of aromatic amines is 1. The van der Waals surface area contributed by atoms with E-state index >= 15 is 0 Å². The van der Waals surface area contributed by atoms with E-state index < -0.39 is 0 Å². The van der Waals surface area contributed by atoms with Crippen LogP contribution in [0.15, 0.2) is 60.7 Å². The van der Waals surface area contributed by atoms with Crippen LogP contribution < -0.4 is 11.1 Å². The molecule has 0 unspecified atom stereocenters. The van der Waals surface area contributed by atoms with Crippen LogP contribution in [0.1, 0.15) is 28.9 Å². The fourth-order valence-corrected chi connectivity index (χ4v) is 4.15. The summed E-state index contributed by atoms with van der Waals surface area (Å²) in [6.07, 6.45) is 1.66. The van der Waals surface area contributed by atoms with Gasteiger partial charge in [0.25, 0.3) is 5.91 Å². The molecular weight excluding hydrogens is 364 g/mol. The number of nitrogens with one attached hydrogen (secondary N) is 2. The Morgan fingerprint density at radius 1 is 1.03 bits per heavy atom. The van der Waals surface area contributed by atoms with Crippen molar-refractivity contribution in [2.24, 2.45) is 5.73 Å². The second-order valence-corrected chi connectivity index (χ2v) is 7.68. The zero-order valence-electron chi connectivity index (χ0n) is 16.4. The molecule has 29 heavy (non-hydrogen) atoms. The van der Waals surface area contributed by atoms with Crippen molar-refractivity contribution in [3.8, 4) is 0 Å². The topological polar surface area (TPSA) is 91.2 Å². The number of H-pyrrole nitrogens is 1. The highest BCUT2D eigenvalue weighted by molar-refractivity contribution is 5.99. The number of amides is 2. The summed E-state index contributed by atoms with van der Waals surface area (Å²) in [5.74, 6) is -0.333. The van der Waals surface area contributed by atoms with Gasteiger partial charge in [-0.15, -0.1) is 0 Å². The fourth-order valence-electron chi connectivity index (χ4n) is 4.15. The largest absolute Gasteiger partial charge is 0.351 e. The highest BCUT2D eigenvalue weighted by Crippen LogP contribution is 2.34. The first-order valence-corrected chi connectivity index (χ1v) is 10.0. The Morgan fingerprint density at radius 2 is 1.72 bits per heavy atom. The van der Waals surface area contributed by atoms with E-state index in [9.17, 15) is 9.59 Å². The number of carbonyl (C=O) groups excluding carboxylic acids is 2. The third-order valence-corrected chi connectivity index (χ3v) is 6.02. The summed E-state index contributed by atoms with van der Waals surface area (Å²) < 4.78 is 0. The lowest BCUT2D eigenvalue weighted by molar-refractivity contribution is -0.131. The molecule has 6 heteroatoms. The molecule has 150 valence electrons. The minimum atomic E-state index is -0.271. The number of carbonyl (C=O) groups is 2. The molecule has 2 aromatic carbocycles. The number of fused-ring (bicyclic) bond motifs is 1. The standard InChI is InChI=1S/C23H26N4O2/c24-16-23(18-7-2-1-3-8-18)10-12-27(13-11-23)21(28)15-25-22(29)20-14-17-6-4-5-9-19(17)26-20/h1-9,14,26H,10-13,15-16,24H2,(H,25,29). The normalized spacial score (nSPS) is 16.0. The van der Waals surface area contributed by atoms with Gasteiger partial charge in [0, 0.05) is 36.0 Å². The first-order valence-electron chi connectivity index (χ1n) is 10.0. The lowest BCUT2D eigenvalue weighted by Gasteiger charge is -2.41. The van der Waals surface area contributed by atoms with Crippen molar-refractivity contribution in [2.75, 3.05) is 26.2 Å². The van der Waals surface area contributed by atoms with Gasteiger partial charge in [-0.2, -0.15) is 0 Å². The molecule has 1 aromatic heterocycles. The Hall–Kier alpha value is -3.12. The molecule has 3 aromatic rings. The average molecular weight is 390 g/mol. The number of para-hydroxylation sites is 1. The van der Waals surface area contributed by atoms with Gasteiger partial charge in [0.2, 0.25) is 5.91 Å². The summed E-state index contributed by atoms with van der Waals surface area (Å²) in [4.78, 5) is 29.9. The first-order chi connectivity index (χ1) is 14.1. The number of nitrogens with two attached hydrogens (primary N) is 1. The minimum absolute atomic E-state index is 0.00480. The Balaban J connectivity index is 1.33. The number of aromatic nitrogens is 1. The monoisotopic (exact) mass is 390 g/mol. The van der Waals surface area contributed by atoms with Crippen molar-refractivity contribution in [1.82, 2.24) is 15.2 Å². The van der Waals surface area contributed by atoms with Crippen molar-refractivity contribution < 1.29 is 9.59 Å². The van der Waals surface area contributed by atoms with Gasteiger partial charge in [-0.1, -0.05) is 48.5 Å². The second kappa shape index (κ2) is 8.09. The van der Waals surface area contributed by atoms with E-state index in [0.29, 0.717) is 25.3 Å². The molecule has 0 atom stereocenters. The molecule has 0 aliphatic carbocycles. The van der Waals surface area contributed by atoms with Crippen LogP contribution in [0.4, 0.5) is 0 Å². The van der Waals surface area contributed by atoms with Crippen molar-refractivity contribution in [1.29, 1.82) is 0 Å². The van der Waals surface area contributed by atoms with Gasteiger partial charge < -0.3 is 20.9 Å². The van der Waals surface area contributed by atoms with Crippen molar-refractivity contribution >= 4 is 22.7 Å². The van der Waals surface area contributed by atoms with Crippen LogP contribution in [-0.4, -0.2) is 47.9 Å². The van der Waals surface area contributed by atoms with E-state index in [4.69, 9.17) is 5.73 Å². The van der Waals surface area contributed by atoms with Crippen molar-refractivity contribution in [2.45, 2.75) is 18.3 Å². The molecule has 2 heterocycles. The summed E-state index contributed by atoms with van der Waals surface area (Å²) in [6, 6.07) is 19.8. The Bertz CT molecular complexity index is 971. The van der Waals surface area contributed by atoms with Gasteiger partial charge in [0.05, 0.1) is 6.54 Å². The van der Waals surface area contributed by atoms with E-state index in [1.165, 1.54) is 5.56 Å². The molecule has 1 saturated heterocycles. The highest BCUT2D eigenvalue weighted by Gasteiger charge is 2.36. The molecule has 0 bridgehead atoms. The van der Waals surface area contributed by atoms with E-state index in [1.807, 2.05) is 47.4 Å². The Labute approximate surface area is 170 Å². The first kappa shape index (κ1) is 19.2. The molecule has 1 aliphatic rings. The Kier molecular flexibility index (Phi) is 5.36. The zero-order valence-corrected chi connectivity index (χ0v) is 16.4. The van der Waals surface area contributed by atoms with Gasteiger partial charge in [-0.25, -0.2) is 0 Å². The molecule has 2 amide bonds. The van der Waals surface area contributed by atoms with Crippen LogP contribution in [-0.2, 0) is 10.2 Å². The predicted octanol–water partition coefficient (Wildman–Crippen LogP) is 2.42. The number of rotatable bonds is 5. The zero-order chi connectivity index (χ0) is 20.3. The van der Waals surface area contributed by atoms with E-state index in [1.54, 1.807) is 6.07 Å². The number of hydrogen-bond acceptors (Lipinski definition) is 3. The summed E-state index contributed by atoms with van der Waals surface area (Å²) in [7, 11) is 0. The van der Waals surface area contributed by atoms with Crippen molar-refractivity contribution in [3.63, 3.8) is 0 Å². The Morgan fingerprint density at radius 3 is 2.41 bits per heavy atom. The van der Waals surface area contributed by atoms with Crippen molar-refractivity contribution in [3.05, 3.63) is 71.9 Å². The molecule has 0 saturated carbocycles. The third-order valence-electron chi connectivity index (χ3n) is 6.02. The van der Waals surface area contributed by atoms with E-state index in [-0.39, 0.29) is 23.8 Å². The highest BCUT2D eigenvalue weighted by atomic mass is 16.2. The SMILES string of the molecule is NCC1(c2ccccc2)CCN(C(=O)CNC(=O)c2cc3ccccc3[nH]2)CC1. The maximum atomic E-state index is 12.6. The molecule has 1 aliphatic heterocycles. The van der Waals surface area contributed by atoms with Crippen LogP contribution in [0.25, 0.3) is 10.9 Å². The third kappa shape index (κ3) is 3.89. The quantitative estimate of drug-likeness (QED) is 0.625. The van der Waals surface area contributed by atoms with Crippen LogP contribution in [0.2, 0.25) is 0 Å². The average Bonchev–Trinajstić information content (AvgIpc) is 3.22. The molecule has 4 N–H and O–H groups in total. The summed E-state index contributed by atoms with van der Waals surface area (Å²) in [5, 5.41) is 3.71. The minimum Gasteiger partial charge on any atom is -0.351 e. The van der Waals surface area contributed by atoms with Gasteiger partial charge in [-0.05, 0) is 30.5 Å². The lowest BCUT2D eigenvalue weighted by atomic mass is 9.73. The van der Waals surface area contributed by atoms with Crippen LogP contribution in [0, 0.1) is 0 Å². The summed E-state index contributed by atoms with van der Waals surface area (Å²) in [6.45, 7) is 1.85. The number of benzene rings is 2. The number of nitrogens with zero attached hydrogens (tertiary/aromatic N) is 1. The molecule has 0 radical (unpaired) electrons. The van der Waals surface area contributed by atoms with Crippen LogP contribution >= 0.6 is 0 Å². The van der Waals surface area contributed by atoms with Gasteiger partial charge in [0.15, 0.2) is 0 Å². The molecule has 4 rings (SSSR count). The number of piperidine rings is 1. The van der Waals surface area contributed by atoms with Gasteiger partial charge in [0.1, 0.15) is 5.69 Å². The lowest BCUT2D eigenvalue weighted by Crippen LogP contribution is -2.50. The fraction of sp³-hybridized carbons (Fsp3) is 0.304. The van der Waals surface area contributed by atoms with Crippen LogP contribution in [0.5, 0.6) is 0 Å². The molecule has 6 nitrogen and oxygen atoms in total. The van der Waals surface area contributed by atoms with Crippen LogP contribution in [0.3, 0.4) is 0 Å². The van der Waals surface area contributed by atoms with Gasteiger partial charge >= 0.3 is 0 Å². The molecule has 1 fully saturated rings. The summed E-state index contributed by atoms with van der Waals surface area (Å²) in [5.41, 5.74) is 8.65. The smallest absolute Gasteiger partial charge is 0.268 e. The maximum absolute atomic E-state index is 12.6. The van der Waals surface area contributed by atoms with Gasteiger partial charge in [-0.3, -0.25) is 9.59 Å². The van der Waals surface area contributed by atoms with E-state index in [0.717, 1.165) is 23.7 Å². The van der Waals surface area contributed by atoms with E-state index in [2.05, 4.69) is 22.4 Å².